The van der Waals surface area contributed by atoms with Crippen LogP contribution < -0.4 is 29.3 Å². The topological polar surface area (TPSA) is 99.4 Å². The summed E-state index contributed by atoms with van der Waals surface area (Å²) in [5, 5.41) is 0. The fourth-order valence-corrected chi connectivity index (χ4v) is 7.20. The Balaban J connectivity index is 1.63. The standard InChI is InChI=1S/C34H30BrN3O6S/c1-18(2)44-33(41)27-19(3)36-34-38(29(27)24-16-22(42-4)12-14-26(24)43-5)32(40)30(45-34)28-23-15-21(35)11-13-25(23)37(31(28)39)17-20-9-7-6-8-10-20/h6-16,18,29H,17H2,1-5H3/b30-28+/t29-/m1/s1. The van der Waals surface area contributed by atoms with Gasteiger partial charge in [-0.05, 0) is 62.7 Å². The van der Waals surface area contributed by atoms with Crippen LogP contribution >= 0.6 is 27.3 Å². The molecule has 0 unspecified atom stereocenters. The minimum absolute atomic E-state index is 0.200. The van der Waals surface area contributed by atoms with E-state index in [4.69, 9.17) is 19.2 Å². The molecule has 4 aromatic rings. The summed E-state index contributed by atoms with van der Waals surface area (Å²) in [4.78, 5) is 49.2. The summed E-state index contributed by atoms with van der Waals surface area (Å²) in [6, 6.07) is 19.5. The minimum Gasteiger partial charge on any atom is -0.497 e. The number of esters is 1. The van der Waals surface area contributed by atoms with E-state index in [2.05, 4.69) is 15.9 Å². The summed E-state index contributed by atoms with van der Waals surface area (Å²) in [5.74, 6) is 0.0781. The summed E-state index contributed by atoms with van der Waals surface area (Å²) in [5.41, 5.74) is 3.26. The van der Waals surface area contributed by atoms with Gasteiger partial charge >= 0.3 is 5.97 Å². The summed E-state index contributed by atoms with van der Waals surface area (Å²) >= 11 is 4.66. The second-order valence-corrected chi connectivity index (χ2v) is 12.8. The molecule has 9 nitrogen and oxygen atoms in total. The zero-order chi connectivity index (χ0) is 32.0. The molecule has 45 heavy (non-hydrogen) atoms. The number of allylic oxidation sites excluding steroid dienone is 1. The first-order valence-electron chi connectivity index (χ1n) is 14.3. The third-order valence-corrected chi connectivity index (χ3v) is 9.23. The molecule has 0 fully saturated rings. The lowest BCUT2D eigenvalue weighted by Crippen LogP contribution is -2.41. The zero-order valence-corrected chi connectivity index (χ0v) is 27.7. The molecule has 0 N–H and O–H groups in total. The van der Waals surface area contributed by atoms with E-state index in [9.17, 15) is 14.4 Å². The quantitative estimate of drug-likeness (QED) is 0.257. The number of anilines is 1. The Kier molecular flexibility index (Phi) is 8.23. The molecule has 1 aromatic heterocycles. The highest BCUT2D eigenvalue weighted by molar-refractivity contribution is 9.10. The van der Waals surface area contributed by atoms with E-state index in [1.165, 1.54) is 18.8 Å². The molecule has 11 heteroatoms. The molecule has 2 aliphatic rings. The van der Waals surface area contributed by atoms with Gasteiger partial charge in [0.25, 0.3) is 11.5 Å². The smallest absolute Gasteiger partial charge is 0.338 e. The van der Waals surface area contributed by atoms with Gasteiger partial charge in [-0.1, -0.05) is 57.6 Å². The number of halogens is 1. The van der Waals surface area contributed by atoms with Crippen LogP contribution in [0.25, 0.3) is 5.57 Å². The summed E-state index contributed by atoms with van der Waals surface area (Å²) in [6.45, 7) is 5.57. The molecule has 1 atom stereocenters. The van der Waals surface area contributed by atoms with E-state index in [0.717, 1.165) is 21.4 Å². The molecular formula is C34H30BrN3O6S. The van der Waals surface area contributed by atoms with Crippen molar-refractivity contribution in [2.75, 3.05) is 19.1 Å². The van der Waals surface area contributed by atoms with Gasteiger partial charge in [-0.2, -0.15) is 0 Å². The van der Waals surface area contributed by atoms with E-state index < -0.39 is 23.7 Å². The van der Waals surface area contributed by atoms with E-state index in [0.29, 0.717) is 45.4 Å². The molecule has 3 aromatic carbocycles. The number of hydrogen-bond acceptors (Lipinski definition) is 8. The largest absolute Gasteiger partial charge is 0.497 e. The van der Waals surface area contributed by atoms with Gasteiger partial charge in [0.1, 0.15) is 22.1 Å². The molecule has 0 bridgehead atoms. The molecule has 6 rings (SSSR count). The number of carbonyl (C=O) groups excluding carboxylic acids is 2. The molecule has 0 saturated carbocycles. The van der Waals surface area contributed by atoms with Gasteiger partial charge in [0.2, 0.25) is 0 Å². The number of benzene rings is 3. The number of nitrogens with zero attached hydrogens (tertiary/aromatic N) is 3. The highest BCUT2D eigenvalue weighted by atomic mass is 79.9. The second kappa shape index (κ2) is 12.1. The number of amides is 1. The number of hydrogen-bond donors (Lipinski definition) is 0. The molecular weight excluding hydrogens is 658 g/mol. The zero-order valence-electron chi connectivity index (χ0n) is 25.3. The first-order chi connectivity index (χ1) is 21.6. The average Bonchev–Trinajstić information content (AvgIpc) is 3.47. The van der Waals surface area contributed by atoms with E-state index in [1.54, 1.807) is 43.9 Å². The van der Waals surface area contributed by atoms with Crippen molar-refractivity contribution in [2.24, 2.45) is 4.99 Å². The molecule has 2 aliphatic heterocycles. The lowest BCUT2D eigenvalue weighted by molar-refractivity contribution is -0.143. The van der Waals surface area contributed by atoms with Crippen molar-refractivity contribution < 1.29 is 23.8 Å². The Hall–Kier alpha value is -4.48. The predicted octanol–water partition coefficient (Wildman–Crippen LogP) is 4.88. The highest BCUT2D eigenvalue weighted by Crippen LogP contribution is 2.40. The predicted molar refractivity (Wildman–Crippen MR) is 175 cm³/mol. The molecule has 0 spiro atoms. The van der Waals surface area contributed by atoms with Crippen LogP contribution in [0.4, 0.5) is 5.69 Å². The van der Waals surface area contributed by atoms with E-state index in [1.807, 2.05) is 48.5 Å². The number of thiazole rings is 1. The van der Waals surface area contributed by atoms with Crippen LogP contribution in [0.1, 0.15) is 43.5 Å². The second-order valence-electron chi connectivity index (χ2n) is 10.9. The highest BCUT2D eigenvalue weighted by Gasteiger charge is 2.39. The van der Waals surface area contributed by atoms with Gasteiger partial charge in [0, 0.05) is 15.6 Å². The Morgan fingerprint density at radius 3 is 2.47 bits per heavy atom. The fraction of sp³-hybridized carbons (Fsp3) is 0.235. The van der Waals surface area contributed by atoms with Gasteiger partial charge in [0.05, 0.1) is 49.4 Å². The lowest BCUT2D eigenvalue weighted by Gasteiger charge is -2.26. The van der Waals surface area contributed by atoms with Crippen LogP contribution in [0.5, 0.6) is 11.5 Å². The Morgan fingerprint density at radius 1 is 1.02 bits per heavy atom. The van der Waals surface area contributed by atoms with Gasteiger partial charge < -0.3 is 19.1 Å². The van der Waals surface area contributed by atoms with Crippen LogP contribution in [0.2, 0.25) is 0 Å². The van der Waals surface area contributed by atoms with Gasteiger partial charge in [-0.3, -0.25) is 14.2 Å². The Labute approximate surface area is 271 Å². The Bertz CT molecular complexity index is 2070. The monoisotopic (exact) mass is 687 g/mol. The normalized spacial score (nSPS) is 16.8. The van der Waals surface area contributed by atoms with Crippen LogP contribution in [0, 0.1) is 0 Å². The van der Waals surface area contributed by atoms with Crippen LogP contribution in [0.3, 0.4) is 0 Å². The van der Waals surface area contributed by atoms with E-state index >= 15 is 0 Å². The Morgan fingerprint density at radius 2 is 1.78 bits per heavy atom. The lowest BCUT2D eigenvalue weighted by atomic mass is 9.94. The van der Waals surface area contributed by atoms with Crippen LogP contribution in [0.15, 0.2) is 92.3 Å². The van der Waals surface area contributed by atoms with Gasteiger partial charge in [0.15, 0.2) is 4.80 Å². The first kappa shape index (κ1) is 30.5. The van der Waals surface area contributed by atoms with Gasteiger partial charge in [-0.25, -0.2) is 9.79 Å². The number of carbonyl (C=O) groups is 2. The van der Waals surface area contributed by atoms with Crippen molar-refractivity contribution >= 4 is 50.4 Å². The molecule has 0 radical (unpaired) electrons. The number of fused-ring (bicyclic) bond motifs is 2. The first-order valence-corrected chi connectivity index (χ1v) is 15.9. The molecule has 0 saturated heterocycles. The van der Waals surface area contributed by atoms with Crippen molar-refractivity contribution in [3.63, 3.8) is 0 Å². The summed E-state index contributed by atoms with van der Waals surface area (Å²) < 4.78 is 19.3. The minimum atomic E-state index is -0.953. The number of aromatic nitrogens is 1. The third kappa shape index (κ3) is 5.40. The van der Waals surface area contributed by atoms with Crippen molar-refractivity contribution in [1.29, 1.82) is 0 Å². The molecule has 3 heterocycles. The number of ether oxygens (including phenoxy) is 3. The molecule has 1 amide bonds. The molecule has 0 aliphatic carbocycles. The number of rotatable bonds is 7. The molecule has 230 valence electrons. The van der Waals surface area contributed by atoms with Crippen molar-refractivity contribution in [2.45, 2.75) is 39.5 Å². The van der Waals surface area contributed by atoms with E-state index in [-0.39, 0.29) is 21.6 Å². The fourth-order valence-electron chi connectivity index (χ4n) is 5.70. The van der Waals surface area contributed by atoms with Crippen molar-refractivity contribution in [3.05, 3.63) is 119 Å². The SMILES string of the molecule is COc1ccc(OC)c([C@@H]2C(C(=O)OC(C)C)=C(C)N=c3s/c(=C4/C(=O)N(Cc5ccccc5)c5ccc(Br)cc54)c(=O)n32)c1. The van der Waals surface area contributed by atoms with Crippen molar-refractivity contribution in [1.82, 2.24) is 4.57 Å². The maximum atomic E-state index is 14.6. The maximum absolute atomic E-state index is 14.6. The van der Waals surface area contributed by atoms with Crippen LogP contribution in [-0.4, -0.2) is 36.8 Å². The average molecular weight is 689 g/mol. The number of methoxy groups -OCH3 is 2. The van der Waals surface area contributed by atoms with Crippen LogP contribution in [-0.2, 0) is 20.9 Å². The maximum Gasteiger partial charge on any atom is 0.338 e. The van der Waals surface area contributed by atoms with Crippen molar-refractivity contribution in [3.8, 4) is 11.5 Å². The summed E-state index contributed by atoms with van der Waals surface area (Å²) in [6.07, 6.45) is -0.404. The van der Waals surface area contributed by atoms with Gasteiger partial charge in [-0.15, -0.1) is 0 Å². The summed E-state index contributed by atoms with van der Waals surface area (Å²) in [7, 11) is 3.06. The third-order valence-electron chi connectivity index (χ3n) is 7.68.